The molecule has 0 unspecified atom stereocenters. The van der Waals surface area contributed by atoms with Crippen molar-refractivity contribution in [2.24, 2.45) is 0 Å². The number of ether oxygens (including phenoxy) is 1. The molecule has 15 heavy (non-hydrogen) atoms. The molecule has 0 radical (unpaired) electrons. The summed E-state index contributed by atoms with van der Waals surface area (Å²) in [5, 5.41) is 9.02. The van der Waals surface area contributed by atoms with Gasteiger partial charge in [0.15, 0.2) is 0 Å². The third-order valence-corrected chi connectivity index (χ3v) is 1.74. The molecule has 0 aliphatic carbocycles. The van der Waals surface area contributed by atoms with Gasteiger partial charge in [-0.25, -0.2) is 9.78 Å². The smallest absolute Gasteiger partial charge is 0.341 e. The van der Waals surface area contributed by atoms with E-state index in [-0.39, 0.29) is 11.4 Å². The number of pyridine rings is 1. The fourth-order valence-corrected chi connectivity index (χ4v) is 1.16. The van der Waals surface area contributed by atoms with Gasteiger partial charge in [0.2, 0.25) is 5.88 Å². The Labute approximate surface area is 88.9 Å². The van der Waals surface area contributed by atoms with Crippen LogP contribution in [0.25, 0.3) is 0 Å². The fourth-order valence-electron chi connectivity index (χ4n) is 1.16. The van der Waals surface area contributed by atoms with Crippen LogP contribution < -0.4 is 4.74 Å². The fraction of sp³-hybridized carbons (Fsp3) is 0.455. The summed E-state index contributed by atoms with van der Waals surface area (Å²) < 4.78 is 5.48. The second kappa shape index (κ2) is 3.88. The molecular formula is C11H15NO3. The van der Waals surface area contributed by atoms with Gasteiger partial charge in [0.05, 0.1) is 0 Å². The molecule has 0 atom stereocenters. The highest BCUT2D eigenvalue weighted by Crippen LogP contribution is 2.22. The summed E-state index contributed by atoms with van der Waals surface area (Å²) in [6.07, 6.45) is 1.54. The number of aryl methyl sites for hydroxylation is 1. The zero-order chi connectivity index (χ0) is 11.6. The number of carboxylic acids is 1. The monoisotopic (exact) mass is 209 g/mol. The van der Waals surface area contributed by atoms with E-state index < -0.39 is 11.6 Å². The topological polar surface area (TPSA) is 59.4 Å². The van der Waals surface area contributed by atoms with E-state index in [1.54, 1.807) is 19.2 Å². The lowest BCUT2D eigenvalue weighted by molar-refractivity contribution is 0.0676. The molecule has 1 N–H and O–H groups in total. The number of aromatic carboxylic acids is 1. The highest BCUT2D eigenvalue weighted by Gasteiger charge is 2.20. The Hall–Kier alpha value is -1.58. The van der Waals surface area contributed by atoms with Crippen LogP contribution >= 0.6 is 0 Å². The Balaban J connectivity index is 3.18. The van der Waals surface area contributed by atoms with E-state index in [1.807, 2.05) is 20.8 Å². The number of hydrogen-bond donors (Lipinski definition) is 1. The molecule has 0 saturated heterocycles. The molecule has 82 valence electrons. The number of nitrogens with zero attached hydrogens (tertiary/aromatic N) is 1. The van der Waals surface area contributed by atoms with Crippen molar-refractivity contribution in [3.05, 3.63) is 23.4 Å². The van der Waals surface area contributed by atoms with E-state index in [0.29, 0.717) is 5.56 Å². The average Bonchev–Trinajstić information content (AvgIpc) is 1.99. The molecule has 0 aromatic carbocycles. The lowest BCUT2D eigenvalue weighted by atomic mass is 10.1. The van der Waals surface area contributed by atoms with E-state index in [9.17, 15) is 4.79 Å². The van der Waals surface area contributed by atoms with E-state index in [4.69, 9.17) is 9.84 Å². The summed E-state index contributed by atoms with van der Waals surface area (Å²) in [6, 6.07) is 1.65. The van der Waals surface area contributed by atoms with E-state index in [0.717, 1.165) is 0 Å². The van der Waals surface area contributed by atoms with Crippen molar-refractivity contribution in [1.29, 1.82) is 0 Å². The van der Waals surface area contributed by atoms with Gasteiger partial charge in [-0.15, -0.1) is 0 Å². The van der Waals surface area contributed by atoms with Crippen LogP contribution in [0.1, 0.15) is 36.7 Å². The second-order valence-corrected chi connectivity index (χ2v) is 4.33. The Morgan fingerprint density at radius 3 is 2.53 bits per heavy atom. The number of rotatable bonds is 2. The Morgan fingerprint density at radius 2 is 2.07 bits per heavy atom. The quantitative estimate of drug-likeness (QED) is 0.811. The van der Waals surface area contributed by atoms with Crippen molar-refractivity contribution in [2.75, 3.05) is 0 Å². The van der Waals surface area contributed by atoms with Crippen LogP contribution in [0.3, 0.4) is 0 Å². The van der Waals surface area contributed by atoms with Crippen molar-refractivity contribution < 1.29 is 14.6 Å². The minimum atomic E-state index is -1.01. The van der Waals surface area contributed by atoms with Crippen molar-refractivity contribution in [3.8, 4) is 5.88 Å². The zero-order valence-electron chi connectivity index (χ0n) is 9.37. The van der Waals surface area contributed by atoms with Gasteiger partial charge in [-0.05, 0) is 39.3 Å². The van der Waals surface area contributed by atoms with Crippen LogP contribution in [0.15, 0.2) is 12.3 Å². The summed E-state index contributed by atoms with van der Waals surface area (Å²) in [5.74, 6) is -0.838. The van der Waals surface area contributed by atoms with Gasteiger partial charge in [-0.1, -0.05) is 0 Å². The minimum absolute atomic E-state index is 0.132. The number of aromatic nitrogens is 1. The van der Waals surface area contributed by atoms with Crippen LogP contribution in [0.4, 0.5) is 0 Å². The number of carbonyl (C=O) groups is 1. The molecule has 1 rings (SSSR count). The molecule has 1 aromatic heterocycles. The minimum Gasteiger partial charge on any atom is -0.477 e. The molecule has 0 bridgehead atoms. The molecule has 1 aromatic rings. The first kappa shape index (κ1) is 11.5. The molecule has 0 aliphatic rings. The summed E-state index contributed by atoms with van der Waals surface area (Å²) in [4.78, 5) is 15.0. The molecule has 0 amide bonds. The molecule has 0 spiro atoms. The van der Waals surface area contributed by atoms with Gasteiger partial charge in [0, 0.05) is 6.20 Å². The largest absolute Gasteiger partial charge is 0.477 e. The van der Waals surface area contributed by atoms with Crippen LogP contribution in [0.2, 0.25) is 0 Å². The van der Waals surface area contributed by atoms with Gasteiger partial charge in [0.1, 0.15) is 11.2 Å². The molecule has 0 fully saturated rings. The predicted molar refractivity (Wildman–Crippen MR) is 56.3 cm³/mol. The Morgan fingerprint density at radius 1 is 1.47 bits per heavy atom. The molecule has 4 heteroatoms. The number of hydrogen-bond acceptors (Lipinski definition) is 3. The lowest BCUT2D eigenvalue weighted by Gasteiger charge is -2.21. The predicted octanol–water partition coefficient (Wildman–Crippen LogP) is 2.27. The van der Waals surface area contributed by atoms with Gasteiger partial charge < -0.3 is 9.84 Å². The first-order chi connectivity index (χ1) is 6.81. The van der Waals surface area contributed by atoms with Gasteiger partial charge in [-0.2, -0.15) is 0 Å². The summed E-state index contributed by atoms with van der Waals surface area (Å²) in [5.41, 5.74) is 0.328. The summed E-state index contributed by atoms with van der Waals surface area (Å²) in [6.45, 7) is 7.27. The van der Waals surface area contributed by atoms with Crippen LogP contribution in [-0.2, 0) is 0 Å². The molecule has 4 nitrogen and oxygen atoms in total. The van der Waals surface area contributed by atoms with Crippen LogP contribution in [0, 0.1) is 6.92 Å². The van der Waals surface area contributed by atoms with Crippen molar-refractivity contribution >= 4 is 5.97 Å². The van der Waals surface area contributed by atoms with Gasteiger partial charge >= 0.3 is 5.97 Å². The van der Waals surface area contributed by atoms with Crippen molar-refractivity contribution in [1.82, 2.24) is 4.98 Å². The first-order valence-corrected chi connectivity index (χ1v) is 4.69. The summed E-state index contributed by atoms with van der Waals surface area (Å²) in [7, 11) is 0. The van der Waals surface area contributed by atoms with Crippen LogP contribution in [-0.4, -0.2) is 21.7 Å². The normalized spacial score (nSPS) is 11.2. The standard InChI is InChI=1S/C11H15NO3/c1-7-5-6-12-9(8(7)10(13)14)15-11(2,3)4/h5-6H,1-4H3,(H,13,14). The van der Waals surface area contributed by atoms with E-state index in [1.165, 1.54) is 0 Å². The SMILES string of the molecule is Cc1ccnc(OC(C)(C)C)c1C(=O)O. The van der Waals surface area contributed by atoms with E-state index in [2.05, 4.69) is 4.98 Å². The van der Waals surface area contributed by atoms with Crippen LogP contribution in [0.5, 0.6) is 5.88 Å². The molecule has 1 heterocycles. The van der Waals surface area contributed by atoms with Gasteiger partial charge in [0.25, 0.3) is 0 Å². The lowest BCUT2D eigenvalue weighted by Crippen LogP contribution is -2.25. The third kappa shape index (κ3) is 2.94. The molecule has 0 saturated carbocycles. The Bertz CT molecular complexity index is 380. The maximum Gasteiger partial charge on any atom is 0.341 e. The van der Waals surface area contributed by atoms with E-state index >= 15 is 0 Å². The summed E-state index contributed by atoms with van der Waals surface area (Å²) >= 11 is 0. The van der Waals surface area contributed by atoms with Crippen molar-refractivity contribution in [2.45, 2.75) is 33.3 Å². The molecular weight excluding hydrogens is 194 g/mol. The third-order valence-electron chi connectivity index (χ3n) is 1.74. The molecule has 0 aliphatic heterocycles. The zero-order valence-corrected chi connectivity index (χ0v) is 9.37. The van der Waals surface area contributed by atoms with Gasteiger partial charge in [-0.3, -0.25) is 0 Å². The average molecular weight is 209 g/mol. The maximum atomic E-state index is 11.0. The number of carboxylic acid groups (broad SMARTS) is 1. The second-order valence-electron chi connectivity index (χ2n) is 4.33. The highest BCUT2D eigenvalue weighted by molar-refractivity contribution is 5.91. The highest BCUT2D eigenvalue weighted by atomic mass is 16.5. The van der Waals surface area contributed by atoms with Crippen molar-refractivity contribution in [3.63, 3.8) is 0 Å². The Kier molecular flexibility index (Phi) is 2.98. The maximum absolute atomic E-state index is 11.0. The first-order valence-electron chi connectivity index (χ1n) is 4.69.